The van der Waals surface area contributed by atoms with Gasteiger partial charge in [-0.1, -0.05) is 75.6 Å². The van der Waals surface area contributed by atoms with Crippen LogP contribution >= 0.6 is 22.6 Å². The van der Waals surface area contributed by atoms with E-state index in [0.29, 0.717) is 5.92 Å². The van der Waals surface area contributed by atoms with Crippen molar-refractivity contribution >= 4 is 22.6 Å². The molecule has 0 heterocycles. The van der Waals surface area contributed by atoms with Crippen LogP contribution in [0.4, 0.5) is 0 Å². The molecule has 0 spiro atoms. The lowest BCUT2D eigenvalue weighted by Gasteiger charge is -2.21. The summed E-state index contributed by atoms with van der Waals surface area (Å²) in [5.41, 5.74) is 0. The molecule has 1 nitrogen and oxygen atoms in total. The van der Waals surface area contributed by atoms with Crippen LogP contribution in [0.2, 0.25) is 0 Å². The van der Waals surface area contributed by atoms with Gasteiger partial charge in [-0.15, -0.1) is 0 Å². The minimum absolute atomic E-state index is 0.570. The monoisotopic (exact) mass is 380 g/mol. The van der Waals surface area contributed by atoms with Crippen molar-refractivity contribution in [2.75, 3.05) is 6.61 Å². The minimum Gasteiger partial charge on any atom is -0.498 e. The Bertz CT molecular complexity index is 215. The molecular weight excluding hydrogens is 347 g/mol. The van der Waals surface area contributed by atoms with Gasteiger partial charge in [-0.2, -0.15) is 0 Å². The summed E-state index contributed by atoms with van der Waals surface area (Å²) in [7, 11) is 0. The summed E-state index contributed by atoms with van der Waals surface area (Å²) in [6.45, 7) is 11.7. The first-order valence-electron chi connectivity index (χ1n) is 8.11. The fraction of sp³-hybridized carbons (Fsp3) is 0.882. The molecule has 0 bridgehead atoms. The Morgan fingerprint density at radius 1 is 0.947 bits per heavy atom. The topological polar surface area (TPSA) is 9.23 Å². The van der Waals surface area contributed by atoms with Crippen LogP contribution in [0.1, 0.15) is 78.6 Å². The normalized spacial score (nSPS) is 14.1. The number of alkyl halides is 1. The van der Waals surface area contributed by atoms with Crippen LogP contribution in [0.15, 0.2) is 12.3 Å². The van der Waals surface area contributed by atoms with Crippen molar-refractivity contribution in [3.63, 3.8) is 0 Å². The maximum Gasteiger partial charge on any atom is 0.0918 e. The van der Waals surface area contributed by atoms with E-state index in [2.05, 4.69) is 49.9 Å². The summed E-state index contributed by atoms with van der Waals surface area (Å²) in [5, 5.41) is 0. The van der Waals surface area contributed by atoms with Crippen molar-refractivity contribution in [2.45, 2.75) is 82.5 Å². The highest BCUT2D eigenvalue weighted by Gasteiger charge is 2.15. The summed E-state index contributed by atoms with van der Waals surface area (Å²) in [4.78, 5) is 0. The first-order chi connectivity index (χ1) is 9.15. The molecule has 0 fully saturated rings. The van der Waals surface area contributed by atoms with Crippen LogP contribution in [0, 0.1) is 5.92 Å². The second-order valence-corrected chi connectivity index (χ2v) is 7.23. The van der Waals surface area contributed by atoms with E-state index in [1.54, 1.807) is 0 Å². The fourth-order valence-electron chi connectivity index (χ4n) is 2.23. The maximum absolute atomic E-state index is 5.81. The third kappa shape index (κ3) is 10.7. The zero-order valence-electron chi connectivity index (χ0n) is 13.2. The van der Waals surface area contributed by atoms with Gasteiger partial charge in [0.05, 0.1) is 12.4 Å². The number of ether oxygens (including phenoxy) is 1. The Hall–Kier alpha value is 0.270. The van der Waals surface area contributed by atoms with Crippen molar-refractivity contribution < 1.29 is 4.74 Å². The molecule has 0 saturated carbocycles. The highest BCUT2D eigenvalue weighted by Crippen LogP contribution is 2.26. The largest absolute Gasteiger partial charge is 0.498 e. The molecule has 0 aromatic carbocycles. The average molecular weight is 380 g/mol. The highest BCUT2D eigenvalue weighted by molar-refractivity contribution is 14.1. The van der Waals surface area contributed by atoms with Crippen molar-refractivity contribution in [3.05, 3.63) is 12.3 Å². The Morgan fingerprint density at radius 2 is 1.63 bits per heavy atom. The van der Waals surface area contributed by atoms with E-state index in [9.17, 15) is 0 Å². The number of hydrogen-bond acceptors (Lipinski definition) is 1. The van der Waals surface area contributed by atoms with Gasteiger partial charge in [-0.3, -0.25) is 0 Å². The lowest BCUT2D eigenvalue weighted by molar-refractivity contribution is 0.166. The Balaban J connectivity index is 3.98. The molecule has 0 aliphatic heterocycles. The van der Waals surface area contributed by atoms with Gasteiger partial charge in [0, 0.05) is 9.84 Å². The van der Waals surface area contributed by atoms with Crippen molar-refractivity contribution in [1.29, 1.82) is 0 Å². The average Bonchev–Trinajstić information content (AvgIpc) is 2.41. The first-order valence-corrected chi connectivity index (χ1v) is 9.35. The third-order valence-electron chi connectivity index (χ3n) is 3.58. The molecule has 114 valence electrons. The molecule has 0 saturated heterocycles. The summed E-state index contributed by atoms with van der Waals surface area (Å²) in [5.74, 6) is 1.61. The molecule has 0 aromatic heterocycles. The van der Waals surface area contributed by atoms with Gasteiger partial charge in [0.25, 0.3) is 0 Å². The van der Waals surface area contributed by atoms with Crippen LogP contribution in [-0.4, -0.2) is 10.5 Å². The van der Waals surface area contributed by atoms with Gasteiger partial charge >= 0.3 is 0 Å². The smallest absolute Gasteiger partial charge is 0.0918 e. The second-order valence-electron chi connectivity index (χ2n) is 5.47. The van der Waals surface area contributed by atoms with E-state index < -0.39 is 0 Å². The van der Waals surface area contributed by atoms with E-state index in [-0.39, 0.29) is 0 Å². The van der Waals surface area contributed by atoms with E-state index in [0.717, 1.165) is 22.7 Å². The van der Waals surface area contributed by atoms with E-state index in [4.69, 9.17) is 4.74 Å². The van der Waals surface area contributed by atoms with Crippen LogP contribution < -0.4 is 0 Å². The SMILES string of the molecule is C=C(OCCCC)C(CCC)CCC(I)CCCC. The maximum atomic E-state index is 5.81. The quantitative estimate of drug-likeness (QED) is 0.153. The molecule has 19 heavy (non-hydrogen) atoms. The molecular formula is C17H33IO. The second kappa shape index (κ2) is 13.3. The fourth-order valence-corrected chi connectivity index (χ4v) is 3.03. The Labute approximate surface area is 134 Å². The van der Waals surface area contributed by atoms with Crippen molar-refractivity contribution in [3.8, 4) is 0 Å². The number of hydrogen-bond donors (Lipinski definition) is 0. The van der Waals surface area contributed by atoms with Crippen molar-refractivity contribution in [1.82, 2.24) is 0 Å². The summed E-state index contributed by atoms with van der Waals surface area (Å²) in [6.07, 6.45) is 11.4. The lowest BCUT2D eigenvalue weighted by atomic mass is 9.94. The third-order valence-corrected chi connectivity index (χ3v) is 4.82. The lowest BCUT2D eigenvalue weighted by Crippen LogP contribution is -2.10. The van der Waals surface area contributed by atoms with Gasteiger partial charge in [-0.25, -0.2) is 0 Å². The molecule has 0 aromatic rings. The van der Waals surface area contributed by atoms with Crippen molar-refractivity contribution in [2.24, 2.45) is 5.92 Å². The van der Waals surface area contributed by atoms with E-state index >= 15 is 0 Å². The summed E-state index contributed by atoms with van der Waals surface area (Å²) < 4.78 is 6.63. The number of halogens is 1. The van der Waals surface area contributed by atoms with Crippen LogP contribution in [0.5, 0.6) is 0 Å². The molecule has 2 atom stereocenters. The minimum atomic E-state index is 0.570. The molecule has 0 radical (unpaired) electrons. The van der Waals surface area contributed by atoms with E-state index in [1.807, 2.05) is 0 Å². The predicted molar refractivity (Wildman–Crippen MR) is 95.0 cm³/mol. The highest BCUT2D eigenvalue weighted by atomic mass is 127. The zero-order chi connectivity index (χ0) is 14.5. The molecule has 0 amide bonds. The van der Waals surface area contributed by atoms with Gasteiger partial charge in [-0.05, 0) is 32.1 Å². The summed E-state index contributed by atoms with van der Waals surface area (Å²) >= 11 is 2.61. The zero-order valence-corrected chi connectivity index (χ0v) is 15.4. The molecule has 0 rings (SSSR count). The first kappa shape index (κ1) is 19.3. The predicted octanol–water partition coefficient (Wildman–Crippen LogP) is 6.51. The van der Waals surface area contributed by atoms with Gasteiger partial charge in [0.2, 0.25) is 0 Å². The Morgan fingerprint density at radius 3 is 2.21 bits per heavy atom. The van der Waals surface area contributed by atoms with Crippen LogP contribution in [0.25, 0.3) is 0 Å². The van der Waals surface area contributed by atoms with Crippen LogP contribution in [-0.2, 0) is 4.74 Å². The van der Waals surface area contributed by atoms with E-state index in [1.165, 1.54) is 51.4 Å². The van der Waals surface area contributed by atoms with Gasteiger partial charge < -0.3 is 4.74 Å². The van der Waals surface area contributed by atoms with Crippen LogP contribution in [0.3, 0.4) is 0 Å². The molecule has 0 aliphatic carbocycles. The molecule has 0 N–H and O–H groups in total. The standard InChI is InChI=1S/C17H33IO/c1-5-8-11-17(18)13-12-16(10-7-3)15(4)19-14-9-6-2/h16-17H,4-14H2,1-3H3. The summed E-state index contributed by atoms with van der Waals surface area (Å²) in [6, 6.07) is 0. The van der Waals surface area contributed by atoms with Gasteiger partial charge in [0.15, 0.2) is 0 Å². The number of allylic oxidation sites excluding steroid dienone is 1. The molecule has 2 heteroatoms. The van der Waals surface area contributed by atoms with Gasteiger partial charge in [0.1, 0.15) is 0 Å². The molecule has 0 aliphatic rings. The Kier molecular flexibility index (Phi) is 13.5. The number of unbranched alkanes of at least 4 members (excludes halogenated alkanes) is 2. The number of rotatable bonds is 13. The molecule has 2 unspecified atom stereocenters.